The molecule has 0 radical (unpaired) electrons. The number of amides is 1. The average molecular weight is 264 g/mol. The van der Waals surface area contributed by atoms with E-state index in [2.05, 4.69) is 12.1 Å². The summed E-state index contributed by atoms with van der Waals surface area (Å²) in [5, 5.41) is 0.134. The molecule has 1 aliphatic heterocycles. The average Bonchev–Trinajstić information content (AvgIpc) is 3.20. The molecule has 3 heteroatoms. The van der Waals surface area contributed by atoms with Gasteiger partial charge in [-0.2, -0.15) is 0 Å². The topological polar surface area (TPSA) is 20.3 Å². The molecular weight excluding hydrogens is 246 g/mol. The third kappa shape index (κ3) is 2.03. The minimum Gasteiger partial charge on any atom is -0.340 e. The predicted molar refractivity (Wildman–Crippen MR) is 72.8 cm³/mol. The van der Waals surface area contributed by atoms with Gasteiger partial charge in [0.2, 0.25) is 5.91 Å². The first-order chi connectivity index (χ1) is 8.72. The number of likely N-dealkylation sites (tertiary alicyclic amines) is 1. The normalized spacial score (nSPS) is 25.8. The molecule has 2 fully saturated rings. The monoisotopic (exact) mass is 263 g/mol. The Balaban J connectivity index is 1.80. The van der Waals surface area contributed by atoms with Crippen molar-refractivity contribution < 1.29 is 4.79 Å². The van der Waals surface area contributed by atoms with Gasteiger partial charge >= 0.3 is 0 Å². The fourth-order valence-electron chi connectivity index (χ4n) is 2.92. The lowest BCUT2D eigenvalue weighted by atomic mass is 9.93. The van der Waals surface area contributed by atoms with Gasteiger partial charge < -0.3 is 4.90 Å². The van der Waals surface area contributed by atoms with E-state index in [1.807, 2.05) is 23.1 Å². The number of alkyl halides is 1. The zero-order valence-electron chi connectivity index (χ0n) is 10.4. The van der Waals surface area contributed by atoms with E-state index in [4.69, 9.17) is 11.6 Å². The van der Waals surface area contributed by atoms with Crippen molar-refractivity contribution in [3.8, 4) is 0 Å². The van der Waals surface area contributed by atoms with E-state index < -0.39 is 0 Å². The Morgan fingerprint density at radius 1 is 1.28 bits per heavy atom. The molecule has 1 aliphatic carbocycles. The van der Waals surface area contributed by atoms with E-state index in [1.54, 1.807) is 0 Å². The van der Waals surface area contributed by atoms with Gasteiger partial charge in [-0.15, -0.1) is 11.6 Å². The van der Waals surface area contributed by atoms with Crippen LogP contribution in [0.1, 0.15) is 31.2 Å². The lowest BCUT2D eigenvalue weighted by Crippen LogP contribution is -2.45. The van der Waals surface area contributed by atoms with Crippen LogP contribution in [-0.2, 0) is 10.2 Å². The third-order valence-corrected chi connectivity index (χ3v) is 4.49. The van der Waals surface area contributed by atoms with Crippen LogP contribution in [-0.4, -0.2) is 29.3 Å². The molecule has 0 aromatic heterocycles. The summed E-state index contributed by atoms with van der Waals surface area (Å²) in [5.74, 6) is 0.291. The van der Waals surface area contributed by atoms with E-state index in [-0.39, 0.29) is 10.8 Å². The number of halogens is 1. The standard InChI is InChI=1S/C15H18ClNO/c16-13-7-4-10-17(11-13)14(18)15(8-9-15)12-5-2-1-3-6-12/h1-3,5-6,13H,4,7-11H2. The van der Waals surface area contributed by atoms with Gasteiger partial charge in [-0.3, -0.25) is 4.79 Å². The van der Waals surface area contributed by atoms with Crippen molar-refractivity contribution in [1.29, 1.82) is 0 Å². The first-order valence-corrected chi connectivity index (χ1v) is 7.15. The second-order valence-electron chi connectivity index (χ2n) is 5.44. The summed E-state index contributed by atoms with van der Waals surface area (Å²) in [6.45, 7) is 1.59. The molecular formula is C15H18ClNO. The highest BCUT2D eigenvalue weighted by Gasteiger charge is 2.53. The summed E-state index contributed by atoms with van der Waals surface area (Å²) in [4.78, 5) is 14.7. The first-order valence-electron chi connectivity index (χ1n) is 6.71. The summed E-state index contributed by atoms with van der Waals surface area (Å²) in [5.41, 5.74) is 0.946. The van der Waals surface area contributed by atoms with Crippen molar-refractivity contribution in [2.75, 3.05) is 13.1 Å². The van der Waals surface area contributed by atoms with Crippen molar-refractivity contribution >= 4 is 17.5 Å². The van der Waals surface area contributed by atoms with Crippen molar-refractivity contribution in [3.05, 3.63) is 35.9 Å². The number of carbonyl (C=O) groups excluding carboxylic acids is 1. The molecule has 1 aromatic carbocycles. The third-order valence-electron chi connectivity index (χ3n) is 4.14. The molecule has 3 rings (SSSR count). The van der Waals surface area contributed by atoms with Crippen LogP contribution in [0.2, 0.25) is 0 Å². The van der Waals surface area contributed by atoms with Gasteiger partial charge in [-0.25, -0.2) is 0 Å². The Morgan fingerprint density at radius 2 is 2.00 bits per heavy atom. The zero-order valence-corrected chi connectivity index (χ0v) is 11.2. The molecule has 1 atom stereocenters. The lowest BCUT2D eigenvalue weighted by molar-refractivity contribution is -0.134. The van der Waals surface area contributed by atoms with Gasteiger partial charge in [0.25, 0.3) is 0 Å². The molecule has 1 heterocycles. The van der Waals surface area contributed by atoms with Gasteiger partial charge in [0.05, 0.1) is 10.8 Å². The van der Waals surface area contributed by atoms with Crippen molar-refractivity contribution in [2.45, 2.75) is 36.5 Å². The fraction of sp³-hybridized carbons (Fsp3) is 0.533. The largest absolute Gasteiger partial charge is 0.340 e. The molecule has 1 saturated carbocycles. The second kappa shape index (κ2) is 4.58. The van der Waals surface area contributed by atoms with Crippen LogP contribution in [0.15, 0.2) is 30.3 Å². The minimum atomic E-state index is -0.227. The van der Waals surface area contributed by atoms with Crippen LogP contribution in [0.3, 0.4) is 0 Å². The van der Waals surface area contributed by atoms with Gasteiger partial charge in [0.15, 0.2) is 0 Å². The molecule has 1 amide bonds. The summed E-state index contributed by atoms with van der Waals surface area (Å²) < 4.78 is 0. The highest BCUT2D eigenvalue weighted by Crippen LogP contribution is 2.49. The number of hydrogen-bond acceptors (Lipinski definition) is 1. The molecule has 1 unspecified atom stereocenters. The predicted octanol–water partition coefficient (Wildman–Crippen LogP) is 2.95. The van der Waals surface area contributed by atoms with Crippen molar-refractivity contribution in [3.63, 3.8) is 0 Å². The van der Waals surface area contributed by atoms with Crippen LogP contribution in [0.25, 0.3) is 0 Å². The minimum absolute atomic E-state index is 0.134. The summed E-state index contributed by atoms with van der Waals surface area (Å²) in [6.07, 6.45) is 4.03. The number of carbonyl (C=O) groups is 1. The lowest BCUT2D eigenvalue weighted by Gasteiger charge is -2.33. The SMILES string of the molecule is O=C(N1CCCC(Cl)C1)C1(c2ccccc2)CC1. The molecule has 0 spiro atoms. The highest BCUT2D eigenvalue weighted by atomic mass is 35.5. The summed E-state index contributed by atoms with van der Waals surface area (Å²) in [6, 6.07) is 10.2. The van der Waals surface area contributed by atoms with Gasteiger partial charge in [0, 0.05) is 13.1 Å². The van der Waals surface area contributed by atoms with E-state index in [1.165, 1.54) is 5.56 Å². The number of benzene rings is 1. The number of rotatable bonds is 2. The van der Waals surface area contributed by atoms with Crippen LogP contribution in [0.5, 0.6) is 0 Å². The van der Waals surface area contributed by atoms with Gasteiger partial charge in [0.1, 0.15) is 0 Å². The Morgan fingerprint density at radius 3 is 2.61 bits per heavy atom. The van der Waals surface area contributed by atoms with Crippen LogP contribution in [0.4, 0.5) is 0 Å². The van der Waals surface area contributed by atoms with E-state index >= 15 is 0 Å². The summed E-state index contributed by atoms with van der Waals surface area (Å²) in [7, 11) is 0. The maximum Gasteiger partial charge on any atom is 0.233 e. The zero-order chi connectivity index (χ0) is 12.6. The Hall–Kier alpha value is -1.02. The quantitative estimate of drug-likeness (QED) is 0.752. The Kier molecular flexibility index (Phi) is 3.06. The first kappa shape index (κ1) is 12.0. The maximum absolute atomic E-state index is 12.7. The molecule has 96 valence electrons. The molecule has 1 saturated heterocycles. The van der Waals surface area contributed by atoms with E-state index in [0.29, 0.717) is 5.91 Å². The molecule has 2 aliphatic rings. The Bertz CT molecular complexity index is 441. The molecule has 1 aromatic rings. The van der Waals surface area contributed by atoms with Crippen LogP contribution < -0.4 is 0 Å². The smallest absolute Gasteiger partial charge is 0.233 e. The van der Waals surface area contributed by atoms with E-state index in [0.717, 1.165) is 38.8 Å². The Labute approximate surface area is 113 Å². The number of nitrogens with zero attached hydrogens (tertiary/aromatic N) is 1. The van der Waals surface area contributed by atoms with Crippen LogP contribution >= 0.6 is 11.6 Å². The van der Waals surface area contributed by atoms with Crippen LogP contribution in [0, 0.1) is 0 Å². The highest BCUT2D eigenvalue weighted by molar-refractivity contribution is 6.21. The number of piperidine rings is 1. The van der Waals surface area contributed by atoms with Crippen molar-refractivity contribution in [1.82, 2.24) is 4.90 Å². The molecule has 2 nitrogen and oxygen atoms in total. The number of hydrogen-bond donors (Lipinski definition) is 0. The van der Waals surface area contributed by atoms with Gasteiger partial charge in [-0.1, -0.05) is 30.3 Å². The fourth-order valence-corrected chi connectivity index (χ4v) is 3.24. The summed E-state index contributed by atoms with van der Waals surface area (Å²) >= 11 is 6.18. The van der Waals surface area contributed by atoms with E-state index in [9.17, 15) is 4.79 Å². The second-order valence-corrected chi connectivity index (χ2v) is 6.06. The maximum atomic E-state index is 12.7. The van der Waals surface area contributed by atoms with Crippen molar-refractivity contribution in [2.24, 2.45) is 0 Å². The molecule has 0 bridgehead atoms. The molecule has 0 N–H and O–H groups in total. The molecule has 18 heavy (non-hydrogen) atoms. The van der Waals surface area contributed by atoms with Gasteiger partial charge in [-0.05, 0) is 31.2 Å².